The lowest BCUT2D eigenvalue weighted by atomic mass is 10.1. The quantitative estimate of drug-likeness (QED) is 0.873. The van der Waals surface area contributed by atoms with Gasteiger partial charge in [0.2, 0.25) is 0 Å². The first-order chi connectivity index (χ1) is 12.5. The number of rotatable bonds is 4. The van der Waals surface area contributed by atoms with Gasteiger partial charge in [-0.25, -0.2) is 0 Å². The summed E-state index contributed by atoms with van der Waals surface area (Å²) < 4.78 is 0. The molecule has 0 spiro atoms. The van der Waals surface area contributed by atoms with E-state index >= 15 is 0 Å². The summed E-state index contributed by atoms with van der Waals surface area (Å²) in [6.45, 7) is 6.86. The molecule has 0 saturated carbocycles. The van der Waals surface area contributed by atoms with Gasteiger partial charge in [-0.1, -0.05) is 30.3 Å². The fraction of sp³-hybridized carbons (Fsp3) is 0.333. The highest BCUT2D eigenvalue weighted by Crippen LogP contribution is 2.10. The Kier molecular flexibility index (Phi) is 5.68. The van der Waals surface area contributed by atoms with Crippen LogP contribution in [-0.2, 0) is 4.79 Å². The lowest BCUT2D eigenvalue weighted by Crippen LogP contribution is -3.19. The molecule has 0 unspecified atom stereocenters. The van der Waals surface area contributed by atoms with Crippen molar-refractivity contribution in [3.63, 3.8) is 0 Å². The van der Waals surface area contributed by atoms with E-state index in [9.17, 15) is 9.59 Å². The van der Waals surface area contributed by atoms with Crippen molar-refractivity contribution in [1.29, 1.82) is 0 Å². The Bertz CT molecular complexity index is 768. The normalized spacial score (nSPS) is 16.2. The minimum atomic E-state index is -0.149. The number of benzene rings is 2. The largest absolute Gasteiger partial charge is 0.327 e. The molecule has 26 heavy (non-hydrogen) atoms. The summed E-state index contributed by atoms with van der Waals surface area (Å²) in [5.41, 5.74) is 2.68. The fourth-order valence-corrected chi connectivity index (χ4v) is 3.35. The van der Waals surface area contributed by atoms with E-state index in [1.165, 1.54) is 4.90 Å². The van der Waals surface area contributed by atoms with Crippen LogP contribution in [0.15, 0.2) is 54.6 Å². The third-order valence-electron chi connectivity index (χ3n) is 5.00. The van der Waals surface area contributed by atoms with Crippen molar-refractivity contribution in [3.8, 4) is 0 Å². The second kappa shape index (κ2) is 8.15. The Morgan fingerprint density at radius 1 is 1.04 bits per heavy atom. The topological polar surface area (TPSA) is 53.9 Å². The summed E-state index contributed by atoms with van der Waals surface area (Å²) in [5.74, 6) is 0.0925. The van der Waals surface area contributed by atoms with E-state index in [-0.39, 0.29) is 17.9 Å². The van der Waals surface area contributed by atoms with Gasteiger partial charge in [0.15, 0.2) is 6.04 Å². The van der Waals surface area contributed by atoms with Crippen molar-refractivity contribution < 1.29 is 14.5 Å². The van der Waals surface area contributed by atoms with Crippen LogP contribution >= 0.6 is 0 Å². The summed E-state index contributed by atoms with van der Waals surface area (Å²) in [6, 6.07) is 17.0. The van der Waals surface area contributed by atoms with Gasteiger partial charge in [0.25, 0.3) is 11.8 Å². The van der Waals surface area contributed by atoms with Gasteiger partial charge in [-0.3, -0.25) is 9.59 Å². The molecule has 0 bridgehead atoms. The Morgan fingerprint density at radius 2 is 1.73 bits per heavy atom. The first kappa shape index (κ1) is 18.1. The van der Waals surface area contributed by atoms with Gasteiger partial charge in [-0.2, -0.15) is 0 Å². The van der Waals surface area contributed by atoms with E-state index in [0.29, 0.717) is 13.1 Å². The zero-order valence-corrected chi connectivity index (χ0v) is 15.4. The first-order valence-electron chi connectivity index (χ1n) is 9.11. The number of anilines is 1. The number of hydrogen-bond acceptors (Lipinski definition) is 2. The number of piperazine rings is 1. The zero-order valence-electron chi connectivity index (χ0n) is 15.4. The summed E-state index contributed by atoms with van der Waals surface area (Å²) in [4.78, 5) is 28.2. The van der Waals surface area contributed by atoms with Crippen LogP contribution in [0.2, 0.25) is 0 Å². The highest BCUT2D eigenvalue weighted by Gasteiger charge is 2.31. The number of hydrogen-bond donors (Lipinski definition) is 2. The second-order valence-corrected chi connectivity index (χ2v) is 6.90. The molecule has 2 aromatic rings. The molecule has 1 fully saturated rings. The third kappa shape index (κ3) is 4.29. The van der Waals surface area contributed by atoms with Gasteiger partial charge in [-0.15, -0.1) is 0 Å². The number of carbonyl (C=O) groups is 2. The zero-order chi connectivity index (χ0) is 18.5. The van der Waals surface area contributed by atoms with Crippen molar-refractivity contribution in [2.24, 2.45) is 0 Å². The molecule has 0 radical (unpaired) electrons. The van der Waals surface area contributed by atoms with Crippen molar-refractivity contribution in [2.75, 3.05) is 31.5 Å². The molecule has 1 aliphatic heterocycles. The van der Waals surface area contributed by atoms with Gasteiger partial charge in [0, 0.05) is 11.3 Å². The minimum absolute atomic E-state index is 0.0217. The average Bonchev–Trinajstić information content (AvgIpc) is 2.67. The molecule has 2 amide bonds. The molecule has 5 nitrogen and oxygen atoms in total. The van der Waals surface area contributed by atoms with Crippen molar-refractivity contribution in [3.05, 3.63) is 65.7 Å². The molecule has 1 heterocycles. The van der Waals surface area contributed by atoms with Gasteiger partial charge in [-0.05, 0) is 43.7 Å². The van der Waals surface area contributed by atoms with E-state index in [1.807, 2.05) is 73.3 Å². The predicted octanol–water partition coefficient (Wildman–Crippen LogP) is 1.36. The van der Waals surface area contributed by atoms with Crippen molar-refractivity contribution in [1.82, 2.24) is 4.90 Å². The van der Waals surface area contributed by atoms with E-state index in [2.05, 4.69) is 5.32 Å². The maximum atomic E-state index is 12.5. The lowest BCUT2D eigenvalue weighted by molar-refractivity contribution is -0.917. The molecule has 2 aromatic carbocycles. The van der Waals surface area contributed by atoms with Crippen LogP contribution in [0.1, 0.15) is 22.8 Å². The highest BCUT2D eigenvalue weighted by molar-refractivity contribution is 5.94. The Labute approximate surface area is 154 Å². The van der Waals surface area contributed by atoms with Gasteiger partial charge in [0.1, 0.15) is 0 Å². The average molecular weight is 352 g/mol. The number of quaternary nitrogens is 1. The smallest absolute Gasteiger partial charge is 0.282 e. The molecule has 2 N–H and O–H groups in total. The maximum absolute atomic E-state index is 12.5. The van der Waals surface area contributed by atoms with Crippen molar-refractivity contribution in [2.45, 2.75) is 19.9 Å². The SMILES string of the molecule is Cc1cccc(NC(=O)[C@@H](C)[NH+]2CCN(C(=O)c3ccccc3)CC2)c1. The molecule has 3 rings (SSSR count). The third-order valence-corrected chi connectivity index (χ3v) is 5.00. The highest BCUT2D eigenvalue weighted by atomic mass is 16.2. The predicted molar refractivity (Wildman–Crippen MR) is 102 cm³/mol. The Morgan fingerprint density at radius 3 is 2.38 bits per heavy atom. The Hall–Kier alpha value is -2.66. The van der Waals surface area contributed by atoms with Gasteiger partial charge in [0.05, 0.1) is 26.2 Å². The molecule has 5 heteroatoms. The summed E-state index contributed by atoms with van der Waals surface area (Å²) in [7, 11) is 0. The number of nitrogens with zero attached hydrogens (tertiary/aromatic N) is 1. The van der Waals surface area contributed by atoms with Crippen LogP contribution in [0.4, 0.5) is 5.69 Å². The fourth-order valence-electron chi connectivity index (χ4n) is 3.35. The monoisotopic (exact) mass is 352 g/mol. The summed E-state index contributed by atoms with van der Waals surface area (Å²) >= 11 is 0. The second-order valence-electron chi connectivity index (χ2n) is 6.90. The van der Waals surface area contributed by atoms with Crippen LogP contribution in [0.5, 0.6) is 0 Å². The summed E-state index contributed by atoms with van der Waals surface area (Å²) in [6.07, 6.45) is 0. The standard InChI is InChI=1S/C21H25N3O2/c1-16-7-6-10-19(15-16)22-20(25)17(2)23-11-13-24(14-12-23)21(26)18-8-4-3-5-9-18/h3-10,15,17H,11-14H2,1-2H3,(H,22,25)/p+1/t17-/m1/s1. The molecule has 1 atom stereocenters. The number of amides is 2. The van der Waals surface area contributed by atoms with E-state index in [4.69, 9.17) is 0 Å². The van der Waals surface area contributed by atoms with Gasteiger partial charge < -0.3 is 15.1 Å². The van der Waals surface area contributed by atoms with Crippen LogP contribution in [0.3, 0.4) is 0 Å². The van der Waals surface area contributed by atoms with Crippen LogP contribution in [0.25, 0.3) is 0 Å². The van der Waals surface area contributed by atoms with Crippen LogP contribution in [-0.4, -0.2) is 48.9 Å². The number of carbonyl (C=O) groups excluding carboxylic acids is 2. The molecule has 1 aliphatic rings. The lowest BCUT2D eigenvalue weighted by Gasteiger charge is -2.34. The van der Waals surface area contributed by atoms with Crippen molar-refractivity contribution >= 4 is 17.5 Å². The number of aryl methyl sites for hydroxylation is 1. The summed E-state index contributed by atoms with van der Waals surface area (Å²) in [5, 5.41) is 3.00. The van der Waals surface area contributed by atoms with Crippen LogP contribution < -0.4 is 10.2 Å². The maximum Gasteiger partial charge on any atom is 0.282 e. The molecule has 136 valence electrons. The Balaban J connectivity index is 1.54. The van der Waals surface area contributed by atoms with E-state index < -0.39 is 0 Å². The van der Waals surface area contributed by atoms with Crippen LogP contribution in [0, 0.1) is 6.92 Å². The van der Waals surface area contributed by atoms with E-state index in [1.54, 1.807) is 0 Å². The first-order valence-corrected chi connectivity index (χ1v) is 9.11. The molecule has 0 aromatic heterocycles. The molecule has 0 aliphatic carbocycles. The molecular formula is C21H26N3O2+. The number of nitrogens with one attached hydrogen (secondary N) is 2. The molecule has 1 saturated heterocycles. The minimum Gasteiger partial charge on any atom is -0.327 e. The van der Waals surface area contributed by atoms with Gasteiger partial charge >= 0.3 is 0 Å². The van der Waals surface area contributed by atoms with E-state index in [0.717, 1.165) is 29.9 Å². The molecular weight excluding hydrogens is 326 g/mol.